The number of aromatic amines is 1. The fraction of sp³-hybridized carbons (Fsp3) is 0.333. The van der Waals surface area contributed by atoms with Crippen molar-refractivity contribution in [2.24, 2.45) is 0 Å². The Morgan fingerprint density at radius 3 is 3.33 bits per heavy atom. The molecule has 1 amide bonds. The number of H-pyrrole nitrogens is 1. The number of imidazole rings is 1. The lowest BCUT2D eigenvalue weighted by atomic mass is 10.4. The predicted molar refractivity (Wildman–Crippen MR) is 40.6 cm³/mol. The van der Waals surface area contributed by atoms with Gasteiger partial charge in [0, 0.05) is 0 Å². The van der Waals surface area contributed by atoms with Gasteiger partial charge < -0.3 is 20.7 Å². The van der Waals surface area contributed by atoms with Gasteiger partial charge >= 0.3 is 0 Å². The molecule has 0 bridgehead atoms. The third-order valence-corrected chi connectivity index (χ3v) is 1.63. The van der Waals surface area contributed by atoms with Crippen LogP contribution in [-0.4, -0.2) is 33.8 Å². The van der Waals surface area contributed by atoms with Crippen LogP contribution in [0, 0.1) is 0 Å². The standard InChI is InChI=1S/C6H8N4O2/c11-3-1-7-5-4(6(12)10-3)8-2-9-5/h2-3,7,11H,1H2,(H,8,9)(H,10,12)/t3-/m1/s1. The highest BCUT2D eigenvalue weighted by atomic mass is 16.3. The van der Waals surface area contributed by atoms with Crippen molar-refractivity contribution in [3.05, 3.63) is 12.0 Å². The van der Waals surface area contributed by atoms with E-state index < -0.39 is 6.23 Å². The first-order valence-corrected chi connectivity index (χ1v) is 3.53. The summed E-state index contributed by atoms with van der Waals surface area (Å²) < 4.78 is 0. The van der Waals surface area contributed by atoms with Gasteiger partial charge in [-0.2, -0.15) is 0 Å². The molecule has 4 N–H and O–H groups in total. The molecule has 0 saturated heterocycles. The second-order valence-corrected chi connectivity index (χ2v) is 2.50. The summed E-state index contributed by atoms with van der Waals surface area (Å²) in [6, 6.07) is 0. The molecular formula is C6H8N4O2. The minimum atomic E-state index is -0.861. The molecule has 64 valence electrons. The summed E-state index contributed by atoms with van der Waals surface area (Å²) in [5.74, 6) is 0.129. The van der Waals surface area contributed by atoms with E-state index in [1.807, 2.05) is 0 Å². The number of nitrogens with zero attached hydrogens (tertiary/aromatic N) is 1. The van der Waals surface area contributed by atoms with Crippen molar-refractivity contribution in [1.82, 2.24) is 15.3 Å². The summed E-state index contributed by atoms with van der Waals surface area (Å²) in [5.41, 5.74) is 0.353. The van der Waals surface area contributed by atoms with Crippen molar-refractivity contribution >= 4 is 11.7 Å². The monoisotopic (exact) mass is 168 g/mol. The molecule has 0 spiro atoms. The lowest BCUT2D eigenvalue weighted by Crippen LogP contribution is -2.36. The van der Waals surface area contributed by atoms with Crippen molar-refractivity contribution in [3.63, 3.8) is 0 Å². The highest BCUT2D eigenvalue weighted by Gasteiger charge is 2.20. The van der Waals surface area contributed by atoms with Crippen molar-refractivity contribution in [2.45, 2.75) is 6.23 Å². The van der Waals surface area contributed by atoms with Crippen LogP contribution in [0.4, 0.5) is 5.82 Å². The van der Waals surface area contributed by atoms with E-state index >= 15 is 0 Å². The van der Waals surface area contributed by atoms with Crippen LogP contribution in [0.5, 0.6) is 0 Å². The molecule has 0 fully saturated rings. The van der Waals surface area contributed by atoms with E-state index in [0.29, 0.717) is 11.5 Å². The quantitative estimate of drug-likeness (QED) is 0.395. The van der Waals surface area contributed by atoms with Gasteiger partial charge in [-0.25, -0.2) is 4.98 Å². The lowest BCUT2D eigenvalue weighted by Gasteiger charge is -2.06. The van der Waals surface area contributed by atoms with E-state index in [4.69, 9.17) is 5.11 Å². The predicted octanol–water partition coefficient (Wildman–Crippen LogP) is -1.12. The molecule has 2 heterocycles. The van der Waals surface area contributed by atoms with Crippen molar-refractivity contribution in [3.8, 4) is 0 Å². The first-order chi connectivity index (χ1) is 5.77. The van der Waals surface area contributed by atoms with Crippen LogP contribution < -0.4 is 10.6 Å². The van der Waals surface area contributed by atoms with E-state index in [9.17, 15) is 4.79 Å². The average Bonchev–Trinajstić information content (AvgIpc) is 2.43. The highest BCUT2D eigenvalue weighted by molar-refractivity contribution is 5.97. The molecule has 0 aliphatic carbocycles. The van der Waals surface area contributed by atoms with Gasteiger partial charge in [0.05, 0.1) is 12.9 Å². The van der Waals surface area contributed by atoms with Crippen molar-refractivity contribution in [1.29, 1.82) is 0 Å². The number of β-amino-alcohol motifs (C(OH)–C–C–N with tert-alkyl or cyclic N) is 1. The molecular weight excluding hydrogens is 160 g/mol. The highest BCUT2D eigenvalue weighted by Crippen LogP contribution is 2.11. The van der Waals surface area contributed by atoms with Gasteiger partial charge in [0.1, 0.15) is 11.9 Å². The molecule has 1 aliphatic heterocycles. The zero-order chi connectivity index (χ0) is 8.55. The molecule has 0 aromatic carbocycles. The maximum absolute atomic E-state index is 11.2. The van der Waals surface area contributed by atoms with Gasteiger partial charge in [-0.15, -0.1) is 0 Å². The fourth-order valence-electron chi connectivity index (χ4n) is 1.07. The van der Waals surface area contributed by atoms with E-state index in [1.165, 1.54) is 6.33 Å². The Morgan fingerprint density at radius 2 is 2.50 bits per heavy atom. The Balaban J connectivity index is 2.35. The number of carbonyl (C=O) groups is 1. The minimum Gasteiger partial charge on any atom is -0.372 e. The van der Waals surface area contributed by atoms with Crippen LogP contribution in [0.3, 0.4) is 0 Å². The molecule has 6 heteroatoms. The van der Waals surface area contributed by atoms with Gasteiger partial charge in [-0.3, -0.25) is 4.79 Å². The summed E-state index contributed by atoms with van der Waals surface area (Å²) >= 11 is 0. The molecule has 0 saturated carbocycles. The Bertz CT molecular complexity index is 308. The number of anilines is 1. The van der Waals surface area contributed by atoms with E-state index in [-0.39, 0.29) is 12.5 Å². The molecule has 1 atom stereocenters. The number of hydrogen-bond acceptors (Lipinski definition) is 4. The number of aromatic nitrogens is 2. The van der Waals surface area contributed by atoms with Crippen LogP contribution >= 0.6 is 0 Å². The molecule has 2 rings (SSSR count). The maximum atomic E-state index is 11.2. The van der Waals surface area contributed by atoms with Crippen LogP contribution in [-0.2, 0) is 0 Å². The number of fused-ring (bicyclic) bond motifs is 1. The summed E-state index contributed by atoms with van der Waals surface area (Å²) in [6.45, 7) is 0.267. The van der Waals surface area contributed by atoms with Crippen LogP contribution in [0.2, 0.25) is 0 Å². The number of rotatable bonds is 0. The third kappa shape index (κ3) is 1.02. The van der Waals surface area contributed by atoms with Gasteiger partial charge in [-0.1, -0.05) is 0 Å². The zero-order valence-electron chi connectivity index (χ0n) is 6.16. The number of nitrogens with one attached hydrogen (secondary N) is 3. The molecule has 0 radical (unpaired) electrons. The maximum Gasteiger partial charge on any atom is 0.273 e. The third-order valence-electron chi connectivity index (χ3n) is 1.63. The largest absolute Gasteiger partial charge is 0.372 e. The van der Waals surface area contributed by atoms with Crippen LogP contribution in [0.25, 0.3) is 0 Å². The second kappa shape index (κ2) is 2.49. The Labute approximate surface area is 68.0 Å². The second-order valence-electron chi connectivity index (χ2n) is 2.50. The number of aliphatic hydroxyl groups excluding tert-OH is 1. The number of aliphatic hydroxyl groups is 1. The zero-order valence-corrected chi connectivity index (χ0v) is 6.16. The van der Waals surface area contributed by atoms with E-state index in [1.54, 1.807) is 0 Å². The molecule has 1 aromatic heterocycles. The summed E-state index contributed by atoms with van der Waals surface area (Å²) in [6.07, 6.45) is 0.565. The van der Waals surface area contributed by atoms with E-state index in [2.05, 4.69) is 20.6 Å². The smallest absolute Gasteiger partial charge is 0.273 e. The average molecular weight is 168 g/mol. The normalized spacial score (nSPS) is 22.1. The molecule has 6 nitrogen and oxygen atoms in total. The SMILES string of the molecule is O=C1N[C@H](O)CNc2nc[nH]c21. The summed E-state index contributed by atoms with van der Waals surface area (Å²) in [4.78, 5) is 17.7. The molecule has 1 aromatic rings. The van der Waals surface area contributed by atoms with Gasteiger partial charge in [0.25, 0.3) is 5.91 Å². The Hall–Kier alpha value is -1.56. The van der Waals surface area contributed by atoms with Gasteiger partial charge in [0.15, 0.2) is 5.82 Å². The molecule has 1 aliphatic rings. The van der Waals surface area contributed by atoms with Crippen LogP contribution in [0.15, 0.2) is 6.33 Å². The number of carbonyl (C=O) groups excluding carboxylic acids is 1. The fourth-order valence-corrected chi connectivity index (χ4v) is 1.07. The number of hydrogen-bond donors (Lipinski definition) is 4. The molecule has 12 heavy (non-hydrogen) atoms. The Morgan fingerprint density at radius 1 is 1.67 bits per heavy atom. The molecule has 0 unspecified atom stereocenters. The first kappa shape index (κ1) is 7.11. The Kier molecular flexibility index (Phi) is 1.47. The summed E-state index contributed by atoms with van der Waals surface area (Å²) in [5, 5.41) is 14.3. The first-order valence-electron chi connectivity index (χ1n) is 3.53. The lowest BCUT2D eigenvalue weighted by molar-refractivity contribution is 0.0813. The summed E-state index contributed by atoms with van der Waals surface area (Å²) in [7, 11) is 0. The van der Waals surface area contributed by atoms with Gasteiger partial charge in [-0.05, 0) is 0 Å². The minimum absolute atomic E-state index is 0.267. The van der Waals surface area contributed by atoms with Crippen molar-refractivity contribution < 1.29 is 9.90 Å². The number of amides is 1. The van der Waals surface area contributed by atoms with Crippen LogP contribution in [0.1, 0.15) is 10.5 Å². The van der Waals surface area contributed by atoms with Gasteiger partial charge in [0.2, 0.25) is 0 Å². The van der Waals surface area contributed by atoms with E-state index in [0.717, 1.165) is 0 Å². The topological polar surface area (TPSA) is 90.0 Å². The van der Waals surface area contributed by atoms with Crippen molar-refractivity contribution in [2.75, 3.05) is 11.9 Å².